The highest BCUT2D eigenvalue weighted by Crippen LogP contribution is 2.17. The molecule has 0 radical (unpaired) electrons. The van der Waals surface area contributed by atoms with E-state index in [0.717, 1.165) is 50.5 Å². The highest BCUT2D eigenvalue weighted by Gasteiger charge is 2.20. The third-order valence-corrected chi connectivity index (χ3v) is 3.67. The number of ether oxygens (including phenoxy) is 1. The molecule has 1 unspecified atom stereocenters. The highest BCUT2D eigenvalue weighted by atomic mass is 16.5. The van der Waals surface area contributed by atoms with Crippen LogP contribution < -0.4 is 0 Å². The van der Waals surface area contributed by atoms with E-state index < -0.39 is 0 Å². The zero-order chi connectivity index (χ0) is 14.5. The second-order valence-corrected chi connectivity index (χ2v) is 5.60. The molecule has 1 aliphatic rings. The Hall–Kier alpha value is -1.72. The molecule has 2 aromatic rings. The monoisotopic (exact) mass is 287 g/mol. The molecule has 3 heterocycles. The zero-order valence-electron chi connectivity index (χ0n) is 12.4. The van der Waals surface area contributed by atoms with Gasteiger partial charge >= 0.3 is 0 Å². The summed E-state index contributed by atoms with van der Waals surface area (Å²) in [5, 5.41) is 3.96. The SMILES string of the molecule is Cc1cc(CN(Cc2cccnc2)CC2CCCO2)on1. The zero-order valence-corrected chi connectivity index (χ0v) is 12.4. The average molecular weight is 287 g/mol. The molecule has 0 N–H and O–H groups in total. The molecule has 0 bridgehead atoms. The normalized spacial score (nSPS) is 18.5. The second-order valence-electron chi connectivity index (χ2n) is 5.60. The van der Waals surface area contributed by atoms with Gasteiger partial charge in [-0.05, 0) is 31.4 Å². The summed E-state index contributed by atoms with van der Waals surface area (Å²) >= 11 is 0. The van der Waals surface area contributed by atoms with E-state index in [2.05, 4.69) is 21.1 Å². The summed E-state index contributed by atoms with van der Waals surface area (Å²) in [5.41, 5.74) is 2.12. The van der Waals surface area contributed by atoms with Crippen molar-refractivity contribution in [1.29, 1.82) is 0 Å². The van der Waals surface area contributed by atoms with Gasteiger partial charge in [-0.3, -0.25) is 9.88 Å². The predicted molar refractivity (Wildman–Crippen MR) is 78.6 cm³/mol. The second kappa shape index (κ2) is 6.83. The van der Waals surface area contributed by atoms with Crippen LogP contribution in [0.5, 0.6) is 0 Å². The van der Waals surface area contributed by atoms with Gasteiger partial charge in [-0.2, -0.15) is 0 Å². The Bertz CT molecular complexity index is 550. The number of rotatable bonds is 6. The van der Waals surface area contributed by atoms with Gasteiger partial charge < -0.3 is 9.26 Å². The summed E-state index contributed by atoms with van der Waals surface area (Å²) in [6, 6.07) is 6.06. The summed E-state index contributed by atoms with van der Waals surface area (Å²) in [7, 11) is 0. The van der Waals surface area contributed by atoms with Crippen LogP contribution in [0.3, 0.4) is 0 Å². The third-order valence-electron chi connectivity index (χ3n) is 3.67. The number of pyridine rings is 1. The van der Waals surface area contributed by atoms with Crippen molar-refractivity contribution in [2.75, 3.05) is 13.2 Å². The van der Waals surface area contributed by atoms with Crippen molar-refractivity contribution < 1.29 is 9.26 Å². The molecule has 1 atom stereocenters. The summed E-state index contributed by atoms with van der Waals surface area (Å²) in [6.07, 6.45) is 6.33. The van der Waals surface area contributed by atoms with E-state index in [4.69, 9.17) is 9.26 Å². The molecule has 0 amide bonds. The number of hydrogen-bond acceptors (Lipinski definition) is 5. The number of aryl methyl sites for hydroxylation is 1. The molecule has 0 spiro atoms. The molecule has 1 aliphatic heterocycles. The van der Waals surface area contributed by atoms with Gasteiger partial charge in [0.1, 0.15) is 0 Å². The van der Waals surface area contributed by atoms with Gasteiger partial charge in [-0.1, -0.05) is 11.2 Å². The molecule has 0 saturated carbocycles. The fourth-order valence-corrected chi connectivity index (χ4v) is 2.72. The van der Waals surface area contributed by atoms with Gasteiger partial charge in [0.15, 0.2) is 5.76 Å². The molecule has 1 fully saturated rings. The van der Waals surface area contributed by atoms with Crippen LogP contribution in [0.25, 0.3) is 0 Å². The Morgan fingerprint density at radius 3 is 3.00 bits per heavy atom. The first-order valence-electron chi connectivity index (χ1n) is 7.44. The minimum Gasteiger partial charge on any atom is -0.377 e. The first-order valence-corrected chi connectivity index (χ1v) is 7.44. The fourth-order valence-electron chi connectivity index (χ4n) is 2.72. The summed E-state index contributed by atoms with van der Waals surface area (Å²) in [6.45, 7) is 5.32. The van der Waals surface area contributed by atoms with Crippen molar-refractivity contribution >= 4 is 0 Å². The van der Waals surface area contributed by atoms with Crippen LogP contribution in [-0.2, 0) is 17.8 Å². The van der Waals surface area contributed by atoms with Crippen molar-refractivity contribution in [1.82, 2.24) is 15.0 Å². The quantitative estimate of drug-likeness (QED) is 0.817. The lowest BCUT2D eigenvalue weighted by molar-refractivity contribution is 0.0646. The Morgan fingerprint density at radius 2 is 2.33 bits per heavy atom. The van der Waals surface area contributed by atoms with Gasteiger partial charge in [-0.25, -0.2) is 0 Å². The molecule has 112 valence electrons. The van der Waals surface area contributed by atoms with E-state index in [0.29, 0.717) is 6.10 Å². The van der Waals surface area contributed by atoms with Gasteiger partial charge in [-0.15, -0.1) is 0 Å². The van der Waals surface area contributed by atoms with Crippen molar-refractivity contribution in [2.24, 2.45) is 0 Å². The average Bonchev–Trinajstić information content (AvgIpc) is 3.12. The molecule has 5 nitrogen and oxygen atoms in total. The van der Waals surface area contributed by atoms with Crippen LogP contribution in [0.1, 0.15) is 29.9 Å². The van der Waals surface area contributed by atoms with Gasteiger partial charge in [0.2, 0.25) is 0 Å². The molecule has 0 aromatic carbocycles. The lowest BCUT2D eigenvalue weighted by atomic mass is 10.2. The van der Waals surface area contributed by atoms with E-state index >= 15 is 0 Å². The summed E-state index contributed by atoms with van der Waals surface area (Å²) < 4.78 is 11.1. The largest absolute Gasteiger partial charge is 0.377 e. The smallest absolute Gasteiger partial charge is 0.150 e. The topological polar surface area (TPSA) is 51.4 Å². The molecular formula is C16H21N3O2. The molecule has 21 heavy (non-hydrogen) atoms. The number of nitrogens with zero attached hydrogens (tertiary/aromatic N) is 3. The standard InChI is InChI=1S/C16H21N3O2/c1-13-8-16(21-18-13)12-19(11-15-5-3-7-20-15)10-14-4-2-6-17-9-14/h2,4,6,8-9,15H,3,5,7,10-12H2,1H3. The number of aromatic nitrogens is 2. The van der Waals surface area contributed by atoms with Crippen molar-refractivity contribution in [3.63, 3.8) is 0 Å². The van der Waals surface area contributed by atoms with Gasteiger partial charge in [0, 0.05) is 38.2 Å². The summed E-state index contributed by atoms with van der Waals surface area (Å²) in [5.74, 6) is 0.898. The van der Waals surface area contributed by atoms with Crippen LogP contribution >= 0.6 is 0 Å². The van der Waals surface area contributed by atoms with Crippen molar-refractivity contribution in [3.05, 3.63) is 47.6 Å². The maximum Gasteiger partial charge on any atom is 0.150 e. The first kappa shape index (κ1) is 14.2. The Morgan fingerprint density at radius 1 is 1.38 bits per heavy atom. The third kappa shape index (κ3) is 4.12. The Kier molecular flexibility index (Phi) is 4.62. The van der Waals surface area contributed by atoms with Crippen molar-refractivity contribution in [3.8, 4) is 0 Å². The maximum atomic E-state index is 5.76. The van der Waals surface area contributed by atoms with E-state index in [1.807, 2.05) is 25.3 Å². The van der Waals surface area contributed by atoms with Crippen LogP contribution in [-0.4, -0.2) is 34.3 Å². The fraction of sp³-hybridized carbons (Fsp3) is 0.500. The van der Waals surface area contributed by atoms with E-state index in [1.54, 1.807) is 6.20 Å². The minimum absolute atomic E-state index is 0.325. The molecule has 0 aliphatic carbocycles. The van der Waals surface area contributed by atoms with Gasteiger partial charge in [0.25, 0.3) is 0 Å². The van der Waals surface area contributed by atoms with Crippen LogP contribution in [0.15, 0.2) is 35.1 Å². The molecule has 3 rings (SSSR count). The number of hydrogen-bond donors (Lipinski definition) is 0. The molecular weight excluding hydrogens is 266 g/mol. The Labute approximate surface area is 124 Å². The van der Waals surface area contributed by atoms with Crippen molar-refractivity contribution in [2.45, 2.75) is 39.0 Å². The molecule has 1 saturated heterocycles. The van der Waals surface area contributed by atoms with E-state index in [-0.39, 0.29) is 0 Å². The highest BCUT2D eigenvalue weighted by molar-refractivity contribution is 5.09. The van der Waals surface area contributed by atoms with Crippen LogP contribution in [0.2, 0.25) is 0 Å². The van der Waals surface area contributed by atoms with Crippen LogP contribution in [0.4, 0.5) is 0 Å². The first-order chi connectivity index (χ1) is 10.3. The molecule has 2 aromatic heterocycles. The maximum absolute atomic E-state index is 5.76. The lowest BCUT2D eigenvalue weighted by Crippen LogP contribution is -2.31. The Balaban J connectivity index is 1.67. The van der Waals surface area contributed by atoms with E-state index in [1.165, 1.54) is 5.56 Å². The summed E-state index contributed by atoms with van der Waals surface area (Å²) in [4.78, 5) is 6.53. The van der Waals surface area contributed by atoms with Crippen LogP contribution in [0, 0.1) is 6.92 Å². The van der Waals surface area contributed by atoms with E-state index in [9.17, 15) is 0 Å². The predicted octanol–water partition coefficient (Wildman–Crippen LogP) is 2.56. The van der Waals surface area contributed by atoms with Gasteiger partial charge in [0.05, 0.1) is 18.3 Å². The minimum atomic E-state index is 0.325. The molecule has 5 heteroatoms. The lowest BCUT2D eigenvalue weighted by Gasteiger charge is -2.24.